The summed E-state index contributed by atoms with van der Waals surface area (Å²) in [4.78, 5) is 2.39. The lowest BCUT2D eigenvalue weighted by molar-refractivity contribution is 0.472. The van der Waals surface area contributed by atoms with Crippen LogP contribution in [-0.4, -0.2) is 18.2 Å². The molecule has 2 aromatic carbocycles. The average Bonchev–Trinajstić information content (AvgIpc) is 3.05. The Hall–Kier alpha value is -2.07. The lowest BCUT2D eigenvalue weighted by Crippen LogP contribution is -2.17. The molecule has 0 saturated carbocycles. The largest absolute Gasteiger partial charge is 0.506 e. The van der Waals surface area contributed by atoms with Crippen LogP contribution >= 0.6 is 11.6 Å². The van der Waals surface area contributed by atoms with Gasteiger partial charge in [0.05, 0.1) is 11.4 Å². The maximum Gasteiger partial charge on any atom is 0.139 e. The molecule has 5 heteroatoms. The van der Waals surface area contributed by atoms with Gasteiger partial charge in [0, 0.05) is 24.5 Å². The van der Waals surface area contributed by atoms with E-state index in [1.54, 1.807) is 13.0 Å². The molecule has 116 valence electrons. The minimum Gasteiger partial charge on any atom is -0.506 e. The number of hydrogen-bond donors (Lipinski definition) is 3. The summed E-state index contributed by atoms with van der Waals surface area (Å²) < 4.78 is 0. The highest BCUT2D eigenvalue weighted by Crippen LogP contribution is 2.39. The molecule has 4 nitrogen and oxygen atoms in total. The summed E-state index contributed by atoms with van der Waals surface area (Å²) in [6, 6.07) is 10.1. The van der Waals surface area contributed by atoms with Crippen LogP contribution in [0.25, 0.3) is 0 Å². The first-order valence-corrected chi connectivity index (χ1v) is 7.83. The first kappa shape index (κ1) is 14.9. The molecule has 4 N–H and O–H groups in total. The van der Waals surface area contributed by atoms with E-state index < -0.39 is 0 Å². The molecule has 1 aliphatic rings. The van der Waals surface area contributed by atoms with Gasteiger partial charge in [0.1, 0.15) is 10.8 Å². The lowest BCUT2D eigenvalue weighted by atomic mass is 10.1. The van der Waals surface area contributed by atoms with Crippen LogP contribution in [0.15, 0.2) is 30.3 Å². The number of nitrogens with two attached hydrogens (primary N) is 1. The first-order chi connectivity index (χ1) is 10.6. The Morgan fingerprint density at radius 1 is 1.18 bits per heavy atom. The van der Waals surface area contributed by atoms with Gasteiger partial charge in [0.25, 0.3) is 0 Å². The van der Waals surface area contributed by atoms with Gasteiger partial charge in [-0.15, -0.1) is 0 Å². The number of rotatable bonds is 3. The van der Waals surface area contributed by atoms with Crippen molar-refractivity contribution in [1.29, 1.82) is 0 Å². The Kier molecular flexibility index (Phi) is 4.03. The predicted octanol–water partition coefficient (Wildman–Crippen LogP) is 4.28. The summed E-state index contributed by atoms with van der Waals surface area (Å²) in [7, 11) is 0. The lowest BCUT2D eigenvalue weighted by Gasteiger charge is -2.18. The van der Waals surface area contributed by atoms with Gasteiger partial charge >= 0.3 is 0 Å². The summed E-state index contributed by atoms with van der Waals surface area (Å²) in [6.07, 6.45) is 2.53. The van der Waals surface area contributed by atoms with Crippen LogP contribution in [0.5, 0.6) is 5.75 Å². The Bertz CT molecular complexity index is 679. The minimum atomic E-state index is 0.0362. The van der Waals surface area contributed by atoms with Gasteiger partial charge in [-0.25, -0.2) is 0 Å². The van der Waals surface area contributed by atoms with Crippen molar-refractivity contribution in [3.05, 3.63) is 40.9 Å². The second kappa shape index (κ2) is 5.97. The molecule has 3 rings (SSSR count). The van der Waals surface area contributed by atoms with Crippen LogP contribution in [0.4, 0.5) is 22.7 Å². The first-order valence-electron chi connectivity index (χ1n) is 7.46. The summed E-state index contributed by atoms with van der Waals surface area (Å²) in [5.74, 6) is 0.0362. The Balaban J connectivity index is 1.81. The number of benzene rings is 2. The van der Waals surface area contributed by atoms with Crippen molar-refractivity contribution in [2.75, 3.05) is 29.0 Å². The van der Waals surface area contributed by atoms with E-state index in [0.29, 0.717) is 16.9 Å². The molecule has 0 bridgehead atoms. The summed E-state index contributed by atoms with van der Waals surface area (Å²) >= 11 is 6.04. The molecular formula is C17H20ClN3O. The van der Waals surface area contributed by atoms with E-state index in [1.807, 2.05) is 12.1 Å². The number of phenolic OH excluding ortho intramolecular Hbond substituents is 1. The van der Waals surface area contributed by atoms with Crippen molar-refractivity contribution < 1.29 is 5.11 Å². The molecule has 1 saturated heterocycles. The van der Waals surface area contributed by atoms with Crippen LogP contribution in [-0.2, 0) is 0 Å². The molecule has 0 spiro atoms. The fourth-order valence-corrected chi connectivity index (χ4v) is 3.02. The number of phenols is 1. The maximum atomic E-state index is 9.79. The molecule has 0 aromatic heterocycles. The molecule has 0 unspecified atom stereocenters. The van der Waals surface area contributed by atoms with E-state index in [1.165, 1.54) is 18.5 Å². The zero-order chi connectivity index (χ0) is 15.7. The van der Waals surface area contributed by atoms with Crippen molar-refractivity contribution in [1.82, 2.24) is 0 Å². The number of nitrogens with zero attached hydrogens (tertiary/aromatic N) is 1. The highest BCUT2D eigenvalue weighted by atomic mass is 35.5. The highest BCUT2D eigenvalue weighted by Gasteiger charge is 2.13. The second-order valence-electron chi connectivity index (χ2n) is 5.68. The van der Waals surface area contributed by atoms with Gasteiger partial charge in [0.15, 0.2) is 0 Å². The van der Waals surface area contributed by atoms with Gasteiger partial charge in [0.2, 0.25) is 0 Å². The smallest absolute Gasteiger partial charge is 0.139 e. The van der Waals surface area contributed by atoms with Gasteiger partial charge in [-0.1, -0.05) is 11.6 Å². The summed E-state index contributed by atoms with van der Waals surface area (Å²) in [5, 5.41) is 13.2. The van der Waals surface area contributed by atoms with Crippen LogP contribution in [0.1, 0.15) is 18.4 Å². The molecule has 1 aliphatic heterocycles. The second-order valence-corrected chi connectivity index (χ2v) is 6.06. The third kappa shape index (κ3) is 2.79. The van der Waals surface area contributed by atoms with Gasteiger partial charge in [-0.3, -0.25) is 0 Å². The average molecular weight is 318 g/mol. The molecule has 0 aliphatic carbocycles. The highest BCUT2D eigenvalue weighted by molar-refractivity contribution is 6.35. The maximum absolute atomic E-state index is 9.79. The zero-order valence-corrected chi connectivity index (χ0v) is 13.3. The quantitative estimate of drug-likeness (QED) is 0.584. The van der Waals surface area contributed by atoms with Crippen LogP contribution in [0.2, 0.25) is 5.02 Å². The number of anilines is 4. The monoisotopic (exact) mass is 317 g/mol. The molecule has 1 heterocycles. The van der Waals surface area contributed by atoms with E-state index in [-0.39, 0.29) is 10.8 Å². The van der Waals surface area contributed by atoms with Gasteiger partial charge < -0.3 is 21.1 Å². The standard InChI is InChI=1S/C17H20ClN3O/c1-11-10-14(16(19)15(18)17(11)22)20-12-4-6-13(7-5-12)21-8-2-3-9-21/h4-7,10,20,22H,2-3,8-9,19H2,1H3. The van der Waals surface area contributed by atoms with Crippen molar-refractivity contribution in [2.24, 2.45) is 0 Å². The Morgan fingerprint density at radius 3 is 2.45 bits per heavy atom. The van der Waals surface area contributed by atoms with E-state index in [0.717, 1.165) is 18.8 Å². The molecule has 22 heavy (non-hydrogen) atoms. The van der Waals surface area contributed by atoms with Gasteiger partial charge in [-0.2, -0.15) is 0 Å². The van der Waals surface area contributed by atoms with E-state index in [2.05, 4.69) is 22.3 Å². The van der Waals surface area contributed by atoms with Crippen LogP contribution in [0, 0.1) is 6.92 Å². The number of aryl methyl sites for hydroxylation is 1. The topological polar surface area (TPSA) is 61.5 Å². The third-order valence-corrected chi connectivity index (χ3v) is 4.47. The number of nitrogens with one attached hydrogen (secondary N) is 1. The third-order valence-electron chi connectivity index (χ3n) is 4.09. The number of hydrogen-bond acceptors (Lipinski definition) is 4. The fourth-order valence-electron chi connectivity index (χ4n) is 2.77. The van der Waals surface area contributed by atoms with Crippen molar-refractivity contribution >= 4 is 34.4 Å². The normalized spacial score (nSPS) is 14.4. The molecule has 0 amide bonds. The SMILES string of the molecule is Cc1cc(Nc2ccc(N3CCCC3)cc2)c(N)c(Cl)c1O. The van der Waals surface area contributed by atoms with Gasteiger partial charge in [-0.05, 0) is 55.7 Å². The summed E-state index contributed by atoms with van der Waals surface area (Å²) in [5.41, 5.74) is 9.90. The van der Waals surface area contributed by atoms with Crippen LogP contribution < -0.4 is 16.0 Å². The summed E-state index contributed by atoms with van der Waals surface area (Å²) in [6.45, 7) is 4.06. The fraction of sp³-hybridized carbons (Fsp3) is 0.294. The number of aromatic hydroxyl groups is 1. The van der Waals surface area contributed by atoms with E-state index >= 15 is 0 Å². The molecule has 1 fully saturated rings. The Labute approximate surface area is 135 Å². The zero-order valence-electron chi connectivity index (χ0n) is 12.6. The predicted molar refractivity (Wildman–Crippen MR) is 93.4 cm³/mol. The van der Waals surface area contributed by atoms with E-state index in [4.69, 9.17) is 17.3 Å². The van der Waals surface area contributed by atoms with Crippen molar-refractivity contribution in [3.63, 3.8) is 0 Å². The Morgan fingerprint density at radius 2 is 1.82 bits per heavy atom. The van der Waals surface area contributed by atoms with Crippen molar-refractivity contribution in [3.8, 4) is 5.75 Å². The number of halogens is 1. The molecule has 2 aromatic rings. The molecular weight excluding hydrogens is 298 g/mol. The van der Waals surface area contributed by atoms with E-state index in [9.17, 15) is 5.11 Å². The molecule has 0 atom stereocenters. The van der Waals surface area contributed by atoms with Crippen molar-refractivity contribution in [2.45, 2.75) is 19.8 Å². The minimum absolute atomic E-state index is 0.0362. The van der Waals surface area contributed by atoms with Crippen LogP contribution in [0.3, 0.4) is 0 Å². The number of nitrogen functional groups attached to an aromatic ring is 1. The molecule has 0 radical (unpaired) electrons.